The lowest BCUT2D eigenvalue weighted by atomic mass is 10.1. The second kappa shape index (κ2) is 11.0. The van der Waals surface area contributed by atoms with Gasteiger partial charge in [-0.3, -0.25) is 4.79 Å². The number of rotatable bonds is 9. The standard InChI is InChI=1S/C27H25ClFN3O2/c1-34-21-10-12-24-23(17-21)27(22-11-7-19(28)16-25(22)32-24)31-15-3-2-14-30-26(33)13-6-18-4-8-20(29)9-5-18/h4-13,16-17H,2-3,14-15H2,1H3,(H,30,33)(H,31,32). The molecule has 0 aliphatic carbocycles. The quantitative estimate of drug-likeness (QED) is 0.171. The summed E-state index contributed by atoms with van der Waals surface area (Å²) in [6.07, 6.45) is 4.81. The molecule has 1 heterocycles. The van der Waals surface area contributed by atoms with Crippen molar-refractivity contribution in [3.63, 3.8) is 0 Å². The fourth-order valence-electron chi connectivity index (χ4n) is 3.69. The first-order valence-corrected chi connectivity index (χ1v) is 11.4. The van der Waals surface area contributed by atoms with Crippen LogP contribution in [0.3, 0.4) is 0 Å². The van der Waals surface area contributed by atoms with Gasteiger partial charge >= 0.3 is 0 Å². The van der Waals surface area contributed by atoms with Crippen molar-refractivity contribution in [2.24, 2.45) is 0 Å². The summed E-state index contributed by atoms with van der Waals surface area (Å²) in [5.41, 5.74) is 3.45. The van der Waals surface area contributed by atoms with E-state index in [1.54, 1.807) is 25.3 Å². The number of anilines is 1. The summed E-state index contributed by atoms with van der Waals surface area (Å²) in [6.45, 7) is 1.30. The van der Waals surface area contributed by atoms with Crippen LogP contribution in [0.15, 0.2) is 66.7 Å². The average molecular weight is 478 g/mol. The monoisotopic (exact) mass is 477 g/mol. The molecule has 0 saturated carbocycles. The summed E-state index contributed by atoms with van der Waals surface area (Å²) in [6, 6.07) is 17.5. The molecular weight excluding hydrogens is 453 g/mol. The molecule has 3 aromatic carbocycles. The molecule has 0 atom stereocenters. The van der Waals surface area contributed by atoms with Crippen LogP contribution in [0.2, 0.25) is 5.02 Å². The van der Waals surface area contributed by atoms with Crippen LogP contribution >= 0.6 is 11.6 Å². The molecule has 0 unspecified atom stereocenters. The van der Waals surface area contributed by atoms with Gasteiger partial charge in [0.05, 0.1) is 23.8 Å². The maximum absolute atomic E-state index is 12.9. The Hall–Kier alpha value is -3.64. The smallest absolute Gasteiger partial charge is 0.243 e. The minimum Gasteiger partial charge on any atom is -0.497 e. The molecule has 2 N–H and O–H groups in total. The van der Waals surface area contributed by atoms with Crippen molar-refractivity contribution in [2.75, 3.05) is 25.5 Å². The van der Waals surface area contributed by atoms with E-state index in [1.807, 2.05) is 36.4 Å². The van der Waals surface area contributed by atoms with Crippen molar-refractivity contribution < 1.29 is 13.9 Å². The number of carbonyl (C=O) groups is 1. The third-order valence-corrected chi connectivity index (χ3v) is 5.68. The van der Waals surface area contributed by atoms with Crippen LogP contribution in [0.1, 0.15) is 18.4 Å². The van der Waals surface area contributed by atoms with E-state index in [0.29, 0.717) is 11.6 Å². The van der Waals surface area contributed by atoms with Crippen molar-refractivity contribution >= 4 is 51.1 Å². The van der Waals surface area contributed by atoms with Gasteiger partial charge in [0.25, 0.3) is 0 Å². The van der Waals surface area contributed by atoms with Crippen molar-refractivity contribution in [1.29, 1.82) is 0 Å². The van der Waals surface area contributed by atoms with Gasteiger partial charge in [-0.2, -0.15) is 0 Å². The van der Waals surface area contributed by atoms with Crippen LogP contribution < -0.4 is 15.4 Å². The molecule has 7 heteroatoms. The SMILES string of the molecule is COc1ccc2nc3cc(Cl)ccc3c(NCCCCNC(=O)C=Cc3ccc(F)cc3)c2c1. The molecular formula is C27H25ClFN3O2. The Morgan fingerprint density at radius 1 is 1.00 bits per heavy atom. The molecule has 1 aromatic heterocycles. The van der Waals surface area contributed by atoms with Crippen LogP contribution in [0.4, 0.5) is 10.1 Å². The van der Waals surface area contributed by atoms with Crippen molar-refractivity contribution in [3.05, 3.63) is 83.1 Å². The molecule has 174 valence electrons. The molecule has 0 saturated heterocycles. The van der Waals surface area contributed by atoms with Crippen LogP contribution in [0.5, 0.6) is 5.75 Å². The van der Waals surface area contributed by atoms with Gasteiger partial charge < -0.3 is 15.4 Å². The molecule has 4 rings (SSSR count). The number of nitrogens with zero attached hydrogens (tertiary/aromatic N) is 1. The number of hydrogen-bond acceptors (Lipinski definition) is 4. The number of pyridine rings is 1. The number of hydrogen-bond donors (Lipinski definition) is 2. The summed E-state index contributed by atoms with van der Waals surface area (Å²) in [5, 5.41) is 9.03. The molecule has 0 fully saturated rings. The Balaban J connectivity index is 1.34. The van der Waals surface area contributed by atoms with E-state index >= 15 is 0 Å². The second-order valence-electron chi connectivity index (χ2n) is 7.84. The van der Waals surface area contributed by atoms with E-state index < -0.39 is 0 Å². The topological polar surface area (TPSA) is 63.2 Å². The molecule has 4 aromatic rings. The molecule has 0 aliphatic heterocycles. The van der Waals surface area contributed by atoms with E-state index in [4.69, 9.17) is 21.3 Å². The van der Waals surface area contributed by atoms with E-state index in [1.165, 1.54) is 18.2 Å². The van der Waals surface area contributed by atoms with Gasteiger partial charge in [-0.15, -0.1) is 0 Å². The van der Waals surface area contributed by atoms with Crippen molar-refractivity contribution in [3.8, 4) is 5.75 Å². The number of ether oxygens (including phenoxy) is 1. The maximum atomic E-state index is 12.9. The van der Waals surface area contributed by atoms with Crippen molar-refractivity contribution in [1.82, 2.24) is 10.3 Å². The molecule has 0 spiro atoms. The van der Waals surface area contributed by atoms with Gasteiger partial charge in [0, 0.05) is 35.0 Å². The van der Waals surface area contributed by atoms with Crippen LogP contribution in [-0.2, 0) is 4.79 Å². The van der Waals surface area contributed by atoms with E-state index in [9.17, 15) is 9.18 Å². The summed E-state index contributed by atoms with van der Waals surface area (Å²) < 4.78 is 18.3. The first kappa shape index (κ1) is 23.5. The molecule has 0 bridgehead atoms. The Bertz CT molecular complexity index is 1340. The third-order valence-electron chi connectivity index (χ3n) is 5.44. The minimum absolute atomic E-state index is 0.174. The van der Waals surface area contributed by atoms with E-state index in [0.717, 1.165) is 58.2 Å². The molecule has 0 radical (unpaired) electrons. The molecule has 34 heavy (non-hydrogen) atoms. The van der Waals surface area contributed by atoms with Gasteiger partial charge in [0.15, 0.2) is 0 Å². The largest absolute Gasteiger partial charge is 0.497 e. The zero-order valence-electron chi connectivity index (χ0n) is 18.8. The second-order valence-corrected chi connectivity index (χ2v) is 8.28. The minimum atomic E-state index is -0.300. The number of benzene rings is 3. The highest BCUT2D eigenvalue weighted by Gasteiger charge is 2.10. The first-order chi connectivity index (χ1) is 16.5. The Morgan fingerprint density at radius 2 is 1.79 bits per heavy atom. The third kappa shape index (κ3) is 5.83. The summed E-state index contributed by atoms with van der Waals surface area (Å²) >= 11 is 6.19. The van der Waals surface area contributed by atoms with Crippen molar-refractivity contribution in [2.45, 2.75) is 12.8 Å². The zero-order valence-corrected chi connectivity index (χ0v) is 19.5. The molecule has 1 amide bonds. The van der Waals surface area contributed by atoms with E-state index in [-0.39, 0.29) is 11.7 Å². The number of nitrogens with one attached hydrogen (secondary N) is 2. The molecule has 5 nitrogen and oxygen atoms in total. The normalized spacial score (nSPS) is 11.3. The van der Waals surface area contributed by atoms with Gasteiger partial charge in [0.1, 0.15) is 11.6 Å². The fourth-order valence-corrected chi connectivity index (χ4v) is 3.86. The predicted molar refractivity (Wildman–Crippen MR) is 137 cm³/mol. The number of aromatic nitrogens is 1. The zero-order chi connectivity index (χ0) is 23.9. The van der Waals surface area contributed by atoms with Gasteiger partial charge in [0.2, 0.25) is 5.91 Å². The molecule has 0 aliphatic rings. The Labute approximate surface area is 202 Å². The number of unbranched alkanes of at least 4 members (excludes halogenated alkanes) is 1. The summed E-state index contributed by atoms with van der Waals surface area (Å²) in [4.78, 5) is 16.7. The van der Waals surface area contributed by atoms with Crippen LogP contribution in [0.25, 0.3) is 27.9 Å². The average Bonchev–Trinajstić information content (AvgIpc) is 2.84. The Morgan fingerprint density at radius 3 is 2.59 bits per heavy atom. The number of amides is 1. The maximum Gasteiger partial charge on any atom is 0.243 e. The lowest BCUT2D eigenvalue weighted by Gasteiger charge is -2.14. The highest BCUT2D eigenvalue weighted by molar-refractivity contribution is 6.31. The predicted octanol–water partition coefficient (Wildman–Crippen LogP) is 6.21. The number of halogens is 2. The lowest BCUT2D eigenvalue weighted by molar-refractivity contribution is -0.116. The number of methoxy groups -OCH3 is 1. The first-order valence-electron chi connectivity index (χ1n) is 11.1. The number of carbonyl (C=O) groups excluding carboxylic acids is 1. The Kier molecular flexibility index (Phi) is 7.60. The lowest BCUT2D eigenvalue weighted by Crippen LogP contribution is -2.22. The highest BCUT2D eigenvalue weighted by Crippen LogP contribution is 2.34. The van der Waals surface area contributed by atoms with Crippen LogP contribution in [0, 0.1) is 5.82 Å². The van der Waals surface area contributed by atoms with E-state index in [2.05, 4.69) is 10.6 Å². The van der Waals surface area contributed by atoms with Crippen LogP contribution in [-0.4, -0.2) is 31.1 Å². The van der Waals surface area contributed by atoms with Gasteiger partial charge in [-0.1, -0.05) is 23.7 Å². The highest BCUT2D eigenvalue weighted by atomic mass is 35.5. The van der Waals surface area contributed by atoms with Gasteiger partial charge in [-0.25, -0.2) is 9.37 Å². The summed E-state index contributed by atoms with van der Waals surface area (Å²) in [7, 11) is 1.64. The number of fused-ring (bicyclic) bond motifs is 2. The van der Waals surface area contributed by atoms with Gasteiger partial charge in [-0.05, 0) is 73.0 Å². The fraction of sp³-hybridized carbons (Fsp3) is 0.185. The summed E-state index contributed by atoms with van der Waals surface area (Å²) in [5.74, 6) is 0.292.